The number of piperidine rings is 1. The van der Waals surface area contributed by atoms with Crippen LogP contribution in [0.25, 0.3) is 5.65 Å². The van der Waals surface area contributed by atoms with Crippen molar-refractivity contribution in [2.45, 2.75) is 38.8 Å². The first-order valence-corrected chi connectivity index (χ1v) is 7.18. The molecule has 3 heterocycles. The first kappa shape index (κ1) is 18.7. The normalized spacial score (nSPS) is 17.4. The Morgan fingerprint density at radius 1 is 1.45 bits per heavy atom. The average Bonchev–Trinajstić information content (AvgIpc) is 2.90. The number of halogens is 2. The minimum atomic E-state index is -0.0393. The van der Waals surface area contributed by atoms with Crippen LogP contribution in [0.4, 0.5) is 0 Å². The molecular formula is C15H22Cl2N4O. The van der Waals surface area contributed by atoms with Crippen molar-refractivity contribution < 1.29 is 4.79 Å². The van der Waals surface area contributed by atoms with E-state index < -0.39 is 0 Å². The van der Waals surface area contributed by atoms with E-state index >= 15 is 0 Å². The number of aryl methyl sites for hydroxylation is 1. The second-order valence-corrected chi connectivity index (χ2v) is 5.37. The molecule has 2 N–H and O–H groups in total. The van der Waals surface area contributed by atoms with Crippen molar-refractivity contribution in [3.05, 3.63) is 35.8 Å². The summed E-state index contributed by atoms with van der Waals surface area (Å²) in [4.78, 5) is 16.6. The molecule has 0 unspecified atom stereocenters. The number of imidazole rings is 1. The van der Waals surface area contributed by atoms with Crippen molar-refractivity contribution in [1.82, 2.24) is 20.0 Å². The number of aromatic nitrogens is 2. The maximum Gasteiger partial charge on any atom is 0.237 e. The molecule has 7 heteroatoms. The third-order valence-corrected chi connectivity index (χ3v) is 3.80. The largest absolute Gasteiger partial charge is 0.349 e. The molecule has 1 aliphatic rings. The van der Waals surface area contributed by atoms with Crippen LogP contribution in [0.1, 0.15) is 30.5 Å². The van der Waals surface area contributed by atoms with Gasteiger partial charge < -0.3 is 15.0 Å². The number of amides is 1. The summed E-state index contributed by atoms with van der Waals surface area (Å²) >= 11 is 0. The molecule has 1 amide bonds. The van der Waals surface area contributed by atoms with Crippen LogP contribution < -0.4 is 10.6 Å². The zero-order valence-electron chi connectivity index (χ0n) is 12.5. The number of carbonyl (C=O) groups is 1. The molecule has 0 bridgehead atoms. The number of hydrogen-bond donors (Lipinski definition) is 2. The zero-order valence-corrected chi connectivity index (χ0v) is 14.2. The fourth-order valence-electron chi connectivity index (χ4n) is 2.67. The molecule has 0 saturated carbocycles. The van der Waals surface area contributed by atoms with E-state index in [0.717, 1.165) is 42.7 Å². The fraction of sp³-hybridized carbons (Fsp3) is 0.467. The number of rotatable bonds is 3. The molecule has 0 aromatic carbocycles. The summed E-state index contributed by atoms with van der Waals surface area (Å²) in [5, 5.41) is 6.22. The molecule has 0 spiro atoms. The van der Waals surface area contributed by atoms with Gasteiger partial charge in [-0.15, -0.1) is 24.8 Å². The Hall–Kier alpha value is -1.30. The molecule has 1 aliphatic heterocycles. The summed E-state index contributed by atoms with van der Waals surface area (Å²) in [6.45, 7) is 3.46. The van der Waals surface area contributed by atoms with Crippen LogP contribution in [0.3, 0.4) is 0 Å². The van der Waals surface area contributed by atoms with Gasteiger partial charge >= 0.3 is 0 Å². The van der Waals surface area contributed by atoms with E-state index in [1.807, 2.05) is 35.9 Å². The van der Waals surface area contributed by atoms with E-state index in [9.17, 15) is 4.79 Å². The molecule has 122 valence electrons. The van der Waals surface area contributed by atoms with E-state index in [1.54, 1.807) is 0 Å². The molecule has 2 aromatic rings. The summed E-state index contributed by atoms with van der Waals surface area (Å²) in [5.74, 6) is 0.0819. The van der Waals surface area contributed by atoms with Crippen LogP contribution in [0.15, 0.2) is 24.5 Å². The maximum atomic E-state index is 12.0. The Bertz CT molecular complexity index is 623. The minimum absolute atomic E-state index is 0. The lowest BCUT2D eigenvalue weighted by atomic mass is 10.0. The molecule has 0 aliphatic carbocycles. The first-order chi connectivity index (χ1) is 9.74. The van der Waals surface area contributed by atoms with Gasteiger partial charge in [0.05, 0.1) is 18.3 Å². The van der Waals surface area contributed by atoms with Gasteiger partial charge in [-0.3, -0.25) is 4.79 Å². The molecule has 2 aromatic heterocycles. The smallest absolute Gasteiger partial charge is 0.237 e. The highest BCUT2D eigenvalue weighted by Gasteiger charge is 2.20. The van der Waals surface area contributed by atoms with Gasteiger partial charge in [0.15, 0.2) is 0 Å². The molecule has 1 atom stereocenters. The standard InChI is InChI=1S/C15H20N4O.2ClH/c1-11-5-4-8-19-10-12(18-14(11)19)9-17-15(20)13-6-2-3-7-16-13;;/h4-5,8,10,13,16H,2-3,6-7,9H2,1H3,(H,17,20);2*1H/t13-;;/m1../s1. The van der Waals surface area contributed by atoms with Gasteiger partial charge in [0.2, 0.25) is 5.91 Å². The van der Waals surface area contributed by atoms with Gasteiger partial charge in [0.1, 0.15) is 5.65 Å². The lowest BCUT2D eigenvalue weighted by Crippen LogP contribution is -2.46. The van der Waals surface area contributed by atoms with Crippen LogP contribution >= 0.6 is 24.8 Å². The number of nitrogens with zero attached hydrogens (tertiary/aromatic N) is 2. The molecule has 22 heavy (non-hydrogen) atoms. The van der Waals surface area contributed by atoms with E-state index in [0.29, 0.717) is 6.54 Å². The van der Waals surface area contributed by atoms with E-state index in [4.69, 9.17) is 0 Å². The molecule has 1 fully saturated rings. The van der Waals surface area contributed by atoms with Crippen LogP contribution in [0, 0.1) is 6.92 Å². The third kappa shape index (κ3) is 4.12. The molecule has 3 rings (SSSR count). The van der Waals surface area contributed by atoms with Crippen molar-refractivity contribution in [1.29, 1.82) is 0 Å². The van der Waals surface area contributed by atoms with Crippen LogP contribution in [0.2, 0.25) is 0 Å². The van der Waals surface area contributed by atoms with Gasteiger partial charge in [-0.25, -0.2) is 4.98 Å². The Labute approximate surface area is 142 Å². The predicted octanol–water partition coefficient (Wildman–Crippen LogP) is 2.24. The predicted molar refractivity (Wildman–Crippen MR) is 91.9 cm³/mol. The fourth-order valence-corrected chi connectivity index (χ4v) is 2.67. The quantitative estimate of drug-likeness (QED) is 0.897. The minimum Gasteiger partial charge on any atom is -0.349 e. The van der Waals surface area contributed by atoms with Crippen molar-refractivity contribution in [3.63, 3.8) is 0 Å². The lowest BCUT2D eigenvalue weighted by molar-refractivity contribution is -0.123. The van der Waals surface area contributed by atoms with Crippen LogP contribution in [-0.2, 0) is 11.3 Å². The zero-order chi connectivity index (χ0) is 13.9. The van der Waals surface area contributed by atoms with Gasteiger partial charge in [0, 0.05) is 12.4 Å². The third-order valence-electron chi connectivity index (χ3n) is 3.80. The summed E-state index contributed by atoms with van der Waals surface area (Å²) in [6.07, 6.45) is 7.16. The molecular weight excluding hydrogens is 323 g/mol. The van der Waals surface area contributed by atoms with Crippen LogP contribution in [0.5, 0.6) is 0 Å². The summed E-state index contributed by atoms with van der Waals surface area (Å²) in [5.41, 5.74) is 2.98. The maximum absolute atomic E-state index is 12.0. The van der Waals surface area contributed by atoms with Gasteiger partial charge in [0.25, 0.3) is 0 Å². The van der Waals surface area contributed by atoms with Crippen molar-refractivity contribution in [3.8, 4) is 0 Å². The number of carbonyl (C=O) groups excluding carboxylic acids is 1. The Balaban J connectivity index is 0.00000121. The van der Waals surface area contributed by atoms with Gasteiger partial charge in [-0.05, 0) is 37.9 Å². The number of pyridine rings is 1. The van der Waals surface area contributed by atoms with Crippen molar-refractivity contribution in [2.24, 2.45) is 0 Å². The highest BCUT2D eigenvalue weighted by atomic mass is 35.5. The van der Waals surface area contributed by atoms with E-state index in [1.165, 1.54) is 0 Å². The van der Waals surface area contributed by atoms with Gasteiger partial charge in [-0.1, -0.05) is 12.5 Å². The number of fused-ring (bicyclic) bond motifs is 1. The SMILES string of the molecule is Cc1cccn2cc(CNC(=O)[C@H]3CCCCN3)nc12.Cl.Cl. The lowest BCUT2D eigenvalue weighted by Gasteiger charge is -2.22. The van der Waals surface area contributed by atoms with Crippen molar-refractivity contribution >= 4 is 36.4 Å². The molecule has 0 radical (unpaired) electrons. The van der Waals surface area contributed by atoms with Crippen molar-refractivity contribution in [2.75, 3.05) is 6.54 Å². The summed E-state index contributed by atoms with van der Waals surface area (Å²) in [7, 11) is 0. The van der Waals surface area contributed by atoms with E-state index in [2.05, 4.69) is 15.6 Å². The van der Waals surface area contributed by atoms with Crippen LogP contribution in [-0.4, -0.2) is 27.9 Å². The summed E-state index contributed by atoms with van der Waals surface area (Å²) in [6, 6.07) is 4.00. The molecule has 5 nitrogen and oxygen atoms in total. The highest BCUT2D eigenvalue weighted by molar-refractivity contribution is 5.85. The highest BCUT2D eigenvalue weighted by Crippen LogP contribution is 2.10. The second-order valence-electron chi connectivity index (χ2n) is 5.37. The first-order valence-electron chi connectivity index (χ1n) is 7.18. The second kappa shape index (κ2) is 8.36. The Morgan fingerprint density at radius 3 is 2.95 bits per heavy atom. The van der Waals surface area contributed by atoms with Gasteiger partial charge in [-0.2, -0.15) is 0 Å². The van der Waals surface area contributed by atoms with E-state index in [-0.39, 0.29) is 36.8 Å². The molecule has 1 saturated heterocycles. The monoisotopic (exact) mass is 344 g/mol. The Morgan fingerprint density at radius 2 is 2.27 bits per heavy atom. The topological polar surface area (TPSA) is 58.4 Å². The average molecular weight is 345 g/mol. The number of hydrogen-bond acceptors (Lipinski definition) is 3. The number of nitrogens with one attached hydrogen (secondary N) is 2. The Kier molecular flexibility index (Phi) is 7.13. The summed E-state index contributed by atoms with van der Waals surface area (Å²) < 4.78 is 2.00.